The molecule has 1 aliphatic heterocycles. The Balaban J connectivity index is 1.31. The van der Waals surface area contributed by atoms with Gasteiger partial charge < -0.3 is 30.0 Å². The van der Waals surface area contributed by atoms with Crippen molar-refractivity contribution in [1.82, 2.24) is 10.6 Å². The van der Waals surface area contributed by atoms with Crippen LogP contribution in [0.1, 0.15) is 12.8 Å². The van der Waals surface area contributed by atoms with Crippen LogP contribution in [-0.4, -0.2) is 50.2 Å². The molecule has 0 bridgehead atoms. The zero-order valence-electron chi connectivity index (χ0n) is 12.9. The highest BCUT2D eigenvalue weighted by Gasteiger charge is 2.20. The van der Waals surface area contributed by atoms with Gasteiger partial charge in [0, 0.05) is 12.6 Å². The third-order valence-corrected chi connectivity index (χ3v) is 3.74. The van der Waals surface area contributed by atoms with E-state index >= 15 is 0 Å². The van der Waals surface area contributed by atoms with Gasteiger partial charge in [-0.05, 0) is 37.4 Å². The molecule has 7 heteroatoms. The van der Waals surface area contributed by atoms with E-state index in [1.54, 1.807) is 18.2 Å². The Kier molecular flexibility index (Phi) is 5.19. The molecule has 1 unspecified atom stereocenters. The molecule has 2 aliphatic rings. The topological polar surface area (TPSA) is 89.1 Å². The van der Waals surface area contributed by atoms with Crippen LogP contribution < -0.4 is 24.8 Å². The molecule has 1 atom stereocenters. The molecule has 1 amide bonds. The van der Waals surface area contributed by atoms with Crippen LogP contribution in [0.4, 0.5) is 0 Å². The normalized spacial score (nSPS) is 16.9. The van der Waals surface area contributed by atoms with Crippen molar-refractivity contribution in [2.24, 2.45) is 5.92 Å². The van der Waals surface area contributed by atoms with Gasteiger partial charge in [0.05, 0.1) is 6.54 Å². The number of benzene rings is 1. The van der Waals surface area contributed by atoms with Gasteiger partial charge in [-0.3, -0.25) is 4.79 Å². The van der Waals surface area contributed by atoms with Crippen molar-refractivity contribution in [2.45, 2.75) is 18.9 Å². The molecule has 3 N–H and O–H groups in total. The minimum atomic E-state index is -0.771. The number of aliphatic hydroxyl groups is 1. The van der Waals surface area contributed by atoms with Gasteiger partial charge in [0.1, 0.15) is 18.5 Å². The number of carbonyl (C=O) groups excluding carboxylic acids is 1. The van der Waals surface area contributed by atoms with E-state index in [0.29, 0.717) is 17.2 Å². The van der Waals surface area contributed by atoms with E-state index in [2.05, 4.69) is 10.6 Å². The quantitative estimate of drug-likeness (QED) is 0.605. The number of aliphatic hydroxyl groups excluding tert-OH is 1. The van der Waals surface area contributed by atoms with Crippen molar-refractivity contribution in [3.05, 3.63) is 18.2 Å². The molecule has 1 aliphatic carbocycles. The summed E-state index contributed by atoms with van der Waals surface area (Å²) in [5.41, 5.74) is 0. The Hall–Kier alpha value is -1.99. The summed E-state index contributed by atoms with van der Waals surface area (Å²) >= 11 is 0. The van der Waals surface area contributed by atoms with Gasteiger partial charge in [-0.1, -0.05) is 0 Å². The molecule has 126 valence electrons. The lowest BCUT2D eigenvalue weighted by molar-refractivity contribution is -0.120. The fraction of sp³-hybridized carbons (Fsp3) is 0.562. The maximum atomic E-state index is 11.6. The second kappa shape index (κ2) is 7.52. The molecular formula is C16H22N2O5. The highest BCUT2D eigenvalue weighted by Crippen LogP contribution is 2.35. The lowest BCUT2D eigenvalue weighted by atomic mass is 10.3. The molecule has 0 spiro atoms. The monoisotopic (exact) mass is 322 g/mol. The van der Waals surface area contributed by atoms with E-state index in [1.165, 1.54) is 12.8 Å². The second-order valence-electron chi connectivity index (χ2n) is 5.86. The third-order valence-electron chi connectivity index (χ3n) is 3.74. The molecule has 23 heavy (non-hydrogen) atoms. The molecule has 1 fully saturated rings. The summed E-state index contributed by atoms with van der Waals surface area (Å²) in [6.45, 7) is 1.64. The van der Waals surface area contributed by atoms with Crippen molar-refractivity contribution in [2.75, 3.05) is 33.0 Å². The van der Waals surface area contributed by atoms with Gasteiger partial charge in [0.15, 0.2) is 11.5 Å². The Labute approximate surface area is 134 Å². The van der Waals surface area contributed by atoms with Gasteiger partial charge in [-0.25, -0.2) is 0 Å². The molecule has 7 nitrogen and oxygen atoms in total. The SMILES string of the molecule is O=C(CNCC1CC1)NCC(O)COc1ccc2c(c1)OCO2. The minimum absolute atomic E-state index is 0.0927. The molecule has 1 aromatic rings. The van der Waals surface area contributed by atoms with E-state index in [9.17, 15) is 9.90 Å². The van der Waals surface area contributed by atoms with Gasteiger partial charge in [0.2, 0.25) is 12.7 Å². The predicted octanol–water partition coefficient (Wildman–Crippen LogP) is 0.271. The van der Waals surface area contributed by atoms with Crippen LogP contribution in [0.3, 0.4) is 0 Å². The number of nitrogens with one attached hydrogen (secondary N) is 2. The third kappa shape index (κ3) is 5.01. The largest absolute Gasteiger partial charge is 0.491 e. The van der Waals surface area contributed by atoms with Crippen LogP contribution in [-0.2, 0) is 4.79 Å². The summed E-state index contributed by atoms with van der Waals surface area (Å²) in [5, 5.41) is 15.6. The Morgan fingerprint density at radius 3 is 3.00 bits per heavy atom. The van der Waals surface area contributed by atoms with E-state index in [0.717, 1.165) is 12.5 Å². The summed E-state index contributed by atoms with van der Waals surface area (Å²) in [6, 6.07) is 5.23. The number of carbonyl (C=O) groups is 1. The molecule has 0 radical (unpaired) electrons. The summed E-state index contributed by atoms with van der Waals surface area (Å²) in [6.07, 6.45) is 1.74. The number of amides is 1. The van der Waals surface area contributed by atoms with Crippen molar-refractivity contribution in [3.8, 4) is 17.2 Å². The first-order valence-electron chi connectivity index (χ1n) is 7.88. The lowest BCUT2D eigenvalue weighted by Gasteiger charge is -2.13. The molecular weight excluding hydrogens is 300 g/mol. The van der Waals surface area contributed by atoms with E-state index in [1.807, 2.05) is 0 Å². The van der Waals surface area contributed by atoms with Gasteiger partial charge in [-0.15, -0.1) is 0 Å². The van der Waals surface area contributed by atoms with Crippen LogP contribution in [0, 0.1) is 5.92 Å². The summed E-state index contributed by atoms with van der Waals surface area (Å²) < 4.78 is 16.0. The zero-order chi connectivity index (χ0) is 16.1. The first-order valence-corrected chi connectivity index (χ1v) is 7.88. The Bertz CT molecular complexity index is 547. The first kappa shape index (κ1) is 15.9. The van der Waals surface area contributed by atoms with Crippen LogP contribution in [0.5, 0.6) is 17.2 Å². The van der Waals surface area contributed by atoms with Crippen LogP contribution in [0.2, 0.25) is 0 Å². The number of hydrogen-bond acceptors (Lipinski definition) is 6. The fourth-order valence-electron chi connectivity index (χ4n) is 2.22. The van der Waals surface area contributed by atoms with Crippen molar-refractivity contribution < 1.29 is 24.1 Å². The standard InChI is InChI=1S/C16H22N2O5/c19-12(7-18-16(20)8-17-6-11-1-2-11)9-21-13-3-4-14-15(5-13)23-10-22-14/h3-5,11-12,17,19H,1-2,6-10H2,(H,18,20). The maximum Gasteiger partial charge on any atom is 0.234 e. The number of rotatable bonds is 9. The Morgan fingerprint density at radius 2 is 2.17 bits per heavy atom. The van der Waals surface area contributed by atoms with Crippen LogP contribution in [0.25, 0.3) is 0 Å². The number of fused-ring (bicyclic) bond motifs is 1. The highest BCUT2D eigenvalue weighted by atomic mass is 16.7. The van der Waals surface area contributed by atoms with Crippen molar-refractivity contribution in [3.63, 3.8) is 0 Å². The van der Waals surface area contributed by atoms with Gasteiger partial charge >= 0.3 is 0 Å². The summed E-state index contributed by atoms with van der Waals surface area (Å²) in [7, 11) is 0. The molecule has 1 aromatic carbocycles. The van der Waals surface area contributed by atoms with Gasteiger partial charge in [0.25, 0.3) is 0 Å². The number of hydrogen-bond donors (Lipinski definition) is 3. The van der Waals surface area contributed by atoms with Crippen LogP contribution >= 0.6 is 0 Å². The molecule has 3 rings (SSSR count). The fourth-order valence-corrected chi connectivity index (χ4v) is 2.22. The van der Waals surface area contributed by atoms with E-state index < -0.39 is 6.10 Å². The summed E-state index contributed by atoms with van der Waals surface area (Å²) in [4.78, 5) is 11.6. The second-order valence-corrected chi connectivity index (χ2v) is 5.86. The van der Waals surface area contributed by atoms with Gasteiger partial charge in [-0.2, -0.15) is 0 Å². The summed E-state index contributed by atoms with van der Waals surface area (Å²) in [5.74, 6) is 2.53. The van der Waals surface area contributed by atoms with Crippen molar-refractivity contribution in [1.29, 1.82) is 0 Å². The smallest absolute Gasteiger partial charge is 0.234 e. The average Bonchev–Trinajstić information content (AvgIpc) is 3.25. The zero-order valence-corrected chi connectivity index (χ0v) is 12.9. The minimum Gasteiger partial charge on any atom is -0.491 e. The Morgan fingerprint density at radius 1 is 1.35 bits per heavy atom. The highest BCUT2D eigenvalue weighted by molar-refractivity contribution is 5.77. The molecule has 0 aromatic heterocycles. The molecule has 1 saturated carbocycles. The molecule has 1 heterocycles. The predicted molar refractivity (Wildman–Crippen MR) is 82.7 cm³/mol. The average molecular weight is 322 g/mol. The van der Waals surface area contributed by atoms with E-state index in [-0.39, 0.29) is 32.4 Å². The number of ether oxygens (including phenoxy) is 3. The van der Waals surface area contributed by atoms with Crippen molar-refractivity contribution >= 4 is 5.91 Å². The molecule has 0 saturated heterocycles. The maximum absolute atomic E-state index is 11.6. The van der Waals surface area contributed by atoms with Crippen LogP contribution in [0.15, 0.2) is 18.2 Å². The van der Waals surface area contributed by atoms with E-state index in [4.69, 9.17) is 14.2 Å². The lowest BCUT2D eigenvalue weighted by Crippen LogP contribution is -2.40. The first-order chi connectivity index (χ1) is 11.2.